The largest absolute Gasteiger partial charge is 0.496 e. The Kier molecular flexibility index (Phi) is 6.37. The number of rotatable bonds is 5. The van der Waals surface area contributed by atoms with Crippen molar-refractivity contribution in [2.75, 3.05) is 13.7 Å². The van der Waals surface area contributed by atoms with E-state index in [1.165, 1.54) is 11.3 Å². The molecular formula is C32H26N2O4S. The first kappa shape index (κ1) is 24.8. The summed E-state index contributed by atoms with van der Waals surface area (Å²) in [6.45, 7) is 3.76. The van der Waals surface area contributed by atoms with E-state index in [0.29, 0.717) is 31.9 Å². The first-order valence-electron chi connectivity index (χ1n) is 12.7. The number of benzene rings is 4. The van der Waals surface area contributed by atoms with Crippen molar-refractivity contribution >= 4 is 44.9 Å². The molecule has 0 fully saturated rings. The minimum Gasteiger partial charge on any atom is -0.496 e. The van der Waals surface area contributed by atoms with E-state index in [-0.39, 0.29) is 12.2 Å². The van der Waals surface area contributed by atoms with Crippen LogP contribution in [0.15, 0.2) is 99.9 Å². The molecule has 0 aliphatic carbocycles. The number of carbonyl (C=O) groups is 1. The van der Waals surface area contributed by atoms with Gasteiger partial charge in [-0.15, -0.1) is 0 Å². The maximum atomic E-state index is 14.2. The van der Waals surface area contributed by atoms with Gasteiger partial charge in [-0.3, -0.25) is 9.36 Å². The lowest BCUT2D eigenvalue weighted by Gasteiger charge is -2.25. The summed E-state index contributed by atoms with van der Waals surface area (Å²) >= 11 is 1.32. The maximum absolute atomic E-state index is 14.2. The van der Waals surface area contributed by atoms with E-state index in [1.807, 2.05) is 54.6 Å². The Bertz CT molecular complexity index is 1930. The van der Waals surface area contributed by atoms with Crippen molar-refractivity contribution in [2.24, 2.45) is 4.99 Å². The second kappa shape index (κ2) is 10.0. The molecule has 6 nitrogen and oxygen atoms in total. The molecule has 6 rings (SSSR count). The van der Waals surface area contributed by atoms with Gasteiger partial charge in [0.1, 0.15) is 11.8 Å². The molecule has 1 aromatic heterocycles. The van der Waals surface area contributed by atoms with Crippen LogP contribution >= 0.6 is 11.3 Å². The highest BCUT2D eigenvalue weighted by Gasteiger charge is 2.35. The predicted molar refractivity (Wildman–Crippen MR) is 155 cm³/mol. The SMILES string of the molecule is CCOC(=O)C1=C(C)N=c2s/c(=C\c3c4ccccc4cc4ccccc34)c(=O)n2[C@H]1c1ccccc1OC. The number of ether oxygens (including phenoxy) is 2. The first-order chi connectivity index (χ1) is 19.0. The van der Waals surface area contributed by atoms with E-state index in [0.717, 1.165) is 27.1 Å². The van der Waals surface area contributed by atoms with Gasteiger partial charge in [0.15, 0.2) is 4.80 Å². The molecule has 0 bridgehead atoms. The number of esters is 1. The third-order valence-corrected chi connectivity index (χ3v) is 8.02. The molecule has 194 valence electrons. The molecule has 0 amide bonds. The van der Waals surface area contributed by atoms with Gasteiger partial charge in [-0.25, -0.2) is 9.79 Å². The average Bonchev–Trinajstić information content (AvgIpc) is 3.26. The van der Waals surface area contributed by atoms with Crippen LogP contribution in [0.3, 0.4) is 0 Å². The topological polar surface area (TPSA) is 69.9 Å². The number of para-hydroxylation sites is 1. The van der Waals surface area contributed by atoms with E-state index in [2.05, 4.69) is 30.3 Å². The molecular weight excluding hydrogens is 508 g/mol. The number of methoxy groups -OCH3 is 1. The van der Waals surface area contributed by atoms with Crippen molar-refractivity contribution < 1.29 is 14.3 Å². The molecule has 0 saturated heterocycles. The van der Waals surface area contributed by atoms with Crippen molar-refractivity contribution in [1.82, 2.24) is 4.57 Å². The quantitative estimate of drug-likeness (QED) is 0.232. The van der Waals surface area contributed by atoms with Gasteiger partial charge in [0.2, 0.25) is 0 Å². The van der Waals surface area contributed by atoms with Gasteiger partial charge in [-0.1, -0.05) is 78.1 Å². The summed E-state index contributed by atoms with van der Waals surface area (Å²) < 4.78 is 13.2. The Labute approximate surface area is 228 Å². The van der Waals surface area contributed by atoms with Crippen molar-refractivity contribution in [3.8, 4) is 5.75 Å². The summed E-state index contributed by atoms with van der Waals surface area (Å²) in [4.78, 5) is 32.6. The van der Waals surface area contributed by atoms with Crippen LogP contribution < -0.4 is 19.6 Å². The molecule has 0 N–H and O–H groups in total. The van der Waals surface area contributed by atoms with Gasteiger partial charge < -0.3 is 9.47 Å². The Hall–Kier alpha value is -4.49. The highest BCUT2D eigenvalue weighted by Crippen LogP contribution is 2.36. The van der Waals surface area contributed by atoms with E-state index in [1.54, 1.807) is 25.5 Å². The van der Waals surface area contributed by atoms with Crippen LogP contribution in [0.25, 0.3) is 27.6 Å². The number of allylic oxidation sites excluding steroid dienone is 1. The number of carbonyl (C=O) groups excluding carboxylic acids is 1. The van der Waals surface area contributed by atoms with E-state index >= 15 is 0 Å². The lowest BCUT2D eigenvalue weighted by atomic mass is 9.95. The third-order valence-electron chi connectivity index (χ3n) is 7.04. The van der Waals surface area contributed by atoms with Crippen LogP contribution in [-0.4, -0.2) is 24.3 Å². The number of hydrogen-bond acceptors (Lipinski definition) is 6. The van der Waals surface area contributed by atoms with Gasteiger partial charge in [0.25, 0.3) is 5.56 Å². The number of fused-ring (bicyclic) bond motifs is 3. The smallest absolute Gasteiger partial charge is 0.338 e. The first-order valence-corrected chi connectivity index (χ1v) is 13.6. The van der Waals surface area contributed by atoms with Gasteiger partial charge >= 0.3 is 5.97 Å². The van der Waals surface area contributed by atoms with E-state index in [4.69, 9.17) is 14.5 Å². The summed E-state index contributed by atoms with van der Waals surface area (Å²) in [6.07, 6.45) is 1.96. The van der Waals surface area contributed by atoms with Crippen LogP contribution in [0.2, 0.25) is 0 Å². The number of nitrogens with zero attached hydrogens (tertiary/aromatic N) is 2. The number of hydrogen-bond donors (Lipinski definition) is 0. The minimum atomic E-state index is -0.733. The Balaban J connectivity index is 1.66. The van der Waals surface area contributed by atoms with Gasteiger partial charge in [-0.05, 0) is 59.2 Å². The molecule has 0 unspecified atom stereocenters. The zero-order valence-electron chi connectivity index (χ0n) is 21.8. The molecule has 1 atom stereocenters. The molecule has 0 spiro atoms. The molecule has 0 radical (unpaired) electrons. The predicted octanol–water partition coefficient (Wildman–Crippen LogP) is 5.11. The Morgan fingerprint density at radius 1 is 1.00 bits per heavy atom. The molecule has 39 heavy (non-hydrogen) atoms. The fourth-order valence-electron chi connectivity index (χ4n) is 5.31. The van der Waals surface area contributed by atoms with E-state index in [9.17, 15) is 9.59 Å². The van der Waals surface area contributed by atoms with Gasteiger partial charge in [-0.2, -0.15) is 0 Å². The van der Waals surface area contributed by atoms with Crippen molar-refractivity contribution in [1.29, 1.82) is 0 Å². The molecule has 7 heteroatoms. The second-order valence-electron chi connectivity index (χ2n) is 9.28. The molecule has 1 aliphatic rings. The molecule has 0 saturated carbocycles. The lowest BCUT2D eigenvalue weighted by molar-refractivity contribution is -0.139. The summed E-state index contributed by atoms with van der Waals surface area (Å²) in [5.74, 6) is 0.0811. The monoisotopic (exact) mass is 534 g/mol. The van der Waals surface area contributed by atoms with Crippen molar-refractivity contribution in [3.63, 3.8) is 0 Å². The molecule has 5 aromatic rings. The highest BCUT2D eigenvalue weighted by molar-refractivity contribution is 7.07. The Morgan fingerprint density at radius 2 is 1.64 bits per heavy atom. The van der Waals surface area contributed by atoms with Crippen molar-refractivity contribution in [2.45, 2.75) is 19.9 Å². The third kappa shape index (κ3) is 4.15. The van der Waals surface area contributed by atoms with Crippen LogP contribution in [0.1, 0.15) is 31.0 Å². The second-order valence-corrected chi connectivity index (χ2v) is 10.3. The minimum absolute atomic E-state index is 0.215. The van der Waals surface area contributed by atoms with Crippen LogP contribution in [0.5, 0.6) is 5.75 Å². The lowest BCUT2D eigenvalue weighted by Crippen LogP contribution is -2.40. The number of thiazole rings is 1. The van der Waals surface area contributed by atoms with E-state index < -0.39 is 12.0 Å². The Morgan fingerprint density at radius 3 is 2.31 bits per heavy atom. The normalized spacial score (nSPS) is 15.4. The molecule has 2 heterocycles. The summed E-state index contributed by atoms with van der Waals surface area (Å²) in [6, 6.07) is 25.2. The molecule has 4 aromatic carbocycles. The van der Waals surface area contributed by atoms with Crippen LogP contribution in [-0.2, 0) is 9.53 Å². The fourth-order valence-corrected chi connectivity index (χ4v) is 6.34. The standard InChI is InChI=1S/C32H26N2O4S/c1-4-38-31(36)28-19(2)33-32-34(29(28)24-15-9-10-16-26(24)37-3)30(35)27(39-32)18-25-22-13-7-5-11-20(22)17-21-12-6-8-14-23(21)25/h5-18,29H,4H2,1-3H3/b27-18-/t29-/m0/s1. The highest BCUT2D eigenvalue weighted by atomic mass is 32.1. The number of aromatic nitrogens is 1. The van der Waals surface area contributed by atoms with Gasteiger partial charge in [0, 0.05) is 5.56 Å². The van der Waals surface area contributed by atoms with Gasteiger partial charge in [0.05, 0.1) is 29.5 Å². The summed E-state index contributed by atoms with van der Waals surface area (Å²) in [5.41, 5.74) is 2.30. The molecule has 1 aliphatic heterocycles. The zero-order valence-corrected chi connectivity index (χ0v) is 22.6. The summed E-state index contributed by atoms with van der Waals surface area (Å²) in [7, 11) is 1.58. The zero-order chi connectivity index (χ0) is 27.1. The van der Waals surface area contributed by atoms with Crippen molar-refractivity contribution in [3.05, 3.63) is 121 Å². The average molecular weight is 535 g/mol. The summed E-state index contributed by atoms with van der Waals surface area (Å²) in [5, 5.41) is 4.32. The van der Waals surface area contributed by atoms with Crippen LogP contribution in [0, 0.1) is 0 Å². The fraction of sp³-hybridized carbons (Fsp3) is 0.156. The maximum Gasteiger partial charge on any atom is 0.338 e. The van der Waals surface area contributed by atoms with Crippen LogP contribution in [0.4, 0.5) is 0 Å².